The van der Waals surface area contributed by atoms with Gasteiger partial charge in [0, 0.05) is 5.92 Å². The molecule has 0 saturated heterocycles. The first-order chi connectivity index (χ1) is 11.7. The fraction of sp³-hybridized carbons (Fsp3) is 0.167. The molecule has 2 unspecified atom stereocenters. The summed E-state index contributed by atoms with van der Waals surface area (Å²) in [5.41, 5.74) is 5.19. The Hall–Kier alpha value is -2.60. The van der Waals surface area contributed by atoms with Crippen LogP contribution in [-0.2, 0) is 0 Å². The van der Waals surface area contributed by atoms with Crippen LogP contribution in [0.1, 0.15) is 23.6 Å². The Kier molecular flexibility index (Phi) is 5.28. The minimum absolute atomic E-state index is 0.417. The fourth-order valence-corrected chi connectivity index (χ4v) is 3.08. The van der Waals surface area contributed by atoms with E-state index < -0.39 is 0 Å². The third-order valence-electron chi connectivity index (χ3n) is 4.52. The average Bonchev–Trinajstić information content (AvgIpc) is 2.62. The van der Waals surface area contributed by atoms with Gasteiger partial charge in [-0.05, 0) is 29.5 Å². The zero-order chi connectivity index (χ0) is 16.8. The summed E-state index contributed by atoms with van der Waals surface area (Å²) in [7, 11) is 0. The molecular weight excluding hydrogens is 288 g/mol. The van der Waals surface area contributed by atoms with Gasteiger partial charge in [-0.2, -0.15) is 0 Å². The standard InChI is InChI=1S/C24H24/c1-19-15-17-21(18-16-19)10-8-14-24(22-11-4-3-5-12-22)23-13-7-6-9-20(23)2/h3-18,20,23H,1-2H3/b10-8+,24-14-. The molecule has 3 rings (SSSR count). The van der Waals surface area contributed by atoms with Crippen LogP contribution in [0.5, 0.6) is 0 Å². The van der Waals surface area contributed by atoms with E-state index in [1.165, 1.54) is 22.3 Å². The second-order valence-electron chi connectivity index (χ2n) is 6.41. The van der Waals surface area contributed by atoms with Crippen LogP contribution in [0.2, 0.25) is 0 Å². The minimum Gasteiger partial charge on any atom is -0.0808 e. The molecule has 2 aromatic carbocycles. The van der Waals surface area contributed by atoms with E-state index in [4.69, 9.17) is 0 Å². The molecule has 0 heterocycles. The molecule has 0 radical (unpaired) electrons. The van der Waals surface area contributed by atoms with Crippen LogP contribution in [0.25, 0.3) is 11.6 Å². The first kappa shape index (κ1) is 16.3. The predicted molar refractivity (Wildman–Crippen MR) is 106 cm³/mol. The molecule has 1 aliphatic carbocycles. The van der Waals surface area contributed by atoms with Gasteiger partial charge in [-0.15, -0.1) is 0 Å². The van der Waals surface area contributed by atoms with Gasteiger partial charge < -0.3 is 0 Å². The van der Waals surface area contributed by atoms with Crippen molar-refractivity contribution in [3.63, 3.8) is 0 Å². The lowest BCUT2D eigenvalue weighted by Crippen LogP contribution is -2.11. The highest BCUT2D eigenvalue weighted by Crippen LogP contribution is 2.33. The van der Waals surface area contributed by atoms with E-state index >= 15 is 0 Å². The zero-order valence-corrected chi connectivity index (χ0v) is 14.4. The highest BCUT2D eigenvalue weighted by atomic mass is 14.2. The van der Waals surface area contributed by atoms with Crippen LogP contribution >= 0.6 is 0 Å². The van der Waals surface area contributed by atoms with Crippen molar-refractivity contribution in [3.8, 4) is 0 Å². The Labute approximate surface area is 145 Å². The summed E-state index contributed by atoms with van der Waals surface area (Å²) in [5.74, 6) is 0.925. The maximum Gasteiger partial charge on any atom is 0.00873 e. The monoisotopic (exact) mass is 312 g/mol. The molecule has 0 saturated carbocycles. The summed E-state index contributed by atoms with van der Waals surface area (Å²) in [5, 5.41) is 0. The Morgan fingerprint density at radius 2 is 1.58 bits per heavy atom. The van der Waals surface area contributed by atoms with Crippen molar-refractivity contribution < 1.29 is 0 Å². The SMILES string of the molecule is Cc1ccc(/C=C/C=C(/c2ccccc2)C2C=CC=CC2C)cc1. The summed E-state index contributed by atoms with van der Waals surface area (Å²) in [4.78, 5) is 0. The predicted octanol–water partition coefficient (Wildman–Crippen LogP) is 6.47. The summed E-state index contributed by atoms with van der Waals surface area (Å²) in [6.07, 6.45) is 15.5. The van der Waals surface area contributed by atoms with Crippen molar-refractivity contribution >= 4 is 11.6 Å². The lowest BCUT2D eigenvalue weighted by Gasteiger charge is -2.24. The van der Waals surface area contributed by atoms with Gasteiger partial charge in [0.15, 0.2) is 0 Å². The lowest BCUT2D eigenvalue weighted by molar-refractivity contribution is 0.620. The summed E-state index contributed by atoms with van der Waals surface area (Å²) < 4.78 is 0. The Bertz CT molecular complexity index is 771. The molecule has 0 amide bonds. The van der Waals surface area contributed by atoms with Gasteiger partial charge in [-0.3, -0.25) is 0 Å². The molecule has 120 valence electrons. The molecule has 24 heavy (non-hydrogen) atoms. The van der Waals surface area contributed by atoms with Gasteiger partial charge in [-0.25, -0.2) is 0 Å². The largest absolute Gasteiger partial charge is 0.0808 e. The smallest absolute Gasteiger partial charge is 0.00873 e. The topological polar surface area (TPSA) is 0 Å². The van der Waals surface area contributed by atoms with Crippen molar-refractivity contribution in [2.24, 2.45) is 11.8 Å². The first-order valence-corrected chi connectivity index (χ1v) is 8.59. The van der Waals surface area contributed by atoms with Crippen LogP contribution in [0.4, 0.5) is 0 Å². The van der Waals surface area contributed by atoms with E-state index in [0.717, 1.165) is 0 Å². The number of rotatable bonds is 4. The molecule has 0 aromatic heterocycles. The molecule has 0 heteroatoms. The Balaban J connectivity index is 1.91. The fourth-order valence-electron chi connectivity index (χ4n) is 3.08. The first-order valence-electron chi connectivity index (χ1n) is 8.59. The summed E-state index contributed by atoms with van der Waals surface area (Å²) >= 11 is 0. The molecule has 0 nitrogen and oxygen atoms in total. The van der Waals surface area contributed by atoms with Crippen LogP contribution < -0.4 is 0 Å². The van der Waals surface area contributed by atoms with Crippen LogP contribution in [0.3, 0.4) is 0 Å². The number of benzene rings is 2. The van der Waals surface area contributed by atoms with Crippen molar-refractivity contribution in [1.29, 1.82) is 0 Å². The highest BCUT2D eigenvalue weighted by Gasteiger charge is 2.19. The number of allylic oxidation sites excluding steroid dienone is 7. The molecule has 2 aromatic rings. The van der Waals surface area contributed by atoms with E-state index in [1.54, 1.807) is 0 Å². The highest BCUT2D eigenvalue weighted by molar-refractivity contribution is 5.72. The zero-order valence-electron chi connectivity index (χ0n) is 14.4. The van der Waals surface area contributed by atoms with Gasteiger partial charge >= 0.3 is 0 Å². The van der Waals surface area contributed by atoms with Crippen molar-refractivity contribution in [2.75, 3.05) is 0 Å². The summed E-state index contributed by atoms with van der Waals surface area (Å²) in [6, 6.07) is 19.3. The number of hydrogen-bond acceptors (Lipinski definition) is 0. The van der Waals surface area contributed by atoms with Gasteiger partial charge in [-0.1, -0.05) is 110 Å². The third kappa shape index (κ3) is 4.02. The maximum atomic E-state index is 2.31. The van der Waals surface area contributed by atoms with E-state index in [2.05, 4.69) is 111 Å². The summed E-state index contributed by atoms with van der Waals surface area (Å²) in [6.45, 7) is 4.40. The number of hydrogen-bond donors (Lipinski definition) is 0. The van der Waals surface area contributed by atoms with Crippen LogP contribution in [0.15, 0.2) is 91.1 Å². The second-order valence-corrected chi connectivity index (χ2v) is 6.41. The molecule has 0 N–H and O–H groups in total. The van der Waals surface area contributed by atoms with Gasteiger partial charge in [0.25, 0.3) is 0 Å². The maximum absolute atomic E-state index is 2.31. The van der Waals surface area contributed by atoms with E-state index in [1.807, 2.05) is 0 Å². The lowest BCUT2D eigenvalue weighted by atomic mass is 9.80. The number of aryl methyl sites for hydroxylation is 1. The average molecular weight is 312 g/mol. The molecule has 2 atom stereocenters. The molecule has 0 bridgehead atoms. The normalized spacial score (nSPS) is 20.7. The molecule has 1 aliphatic rings. The van der Waals surface area contributed by atoms with Crippen LogP contribution in [0, 0.1) is 18.8 Å². The van der Waals surface area contributed by atoms with Gasteiger partial charge in [0.1, 0.15) is 0 Å². The Morgan fingerprint density at radius 3 is 2.29 bits per heavy atom. The van der Waals surface area contributed by atoms with Gasteiger partial charge in [0.2, 0.25) is 0 Å². The van der Waals surface area contributed by atoms with Crippen molar-refractivity contribution in [2.45, 2.75) is 13.8 Å². The molecule has 0 spiro atoms. The molecular formula is C24H24. The van der Waals surface area contributed by atoms with Crippen molar-refractivity contribution in [1.82, 2.24) is 0 Å². The van der Waals surface area contributed by atoms with E-state index in [-0.39, 0.29) is 0 Å². The van der Waals surface area contributed by atoms with E-state index in [9.17, 15) is 0 Å². The van der Waals surface area contributed by atoms with E-state index in [0.29, 0.717) is 11.8 Å². The Morgan fingerprint density at radius 1 is 0.875 bits per heavy atom. The molecule has 0 fully saturated rings. The van der Waals surface area contributed by atoms with Crippen molar-refractivity contribution in [3.05, 3.63) is 108 Å². The van der Waals surface area contributed by atoms with Gasteiger partial charge in [0.05, 0.1) is 0 Å². The third-order valence-corrected chi connectivity index (χ3v) is 4.52. The quantitative estimate of drug-likeness (QED) is 0.567. The minimum atomic E-state index is 0.417. The molecule has 0 aliphatic heterocycles. The van der Waals surface area contributed by atoms with Crippen LogP contribution in [-0.4, -0.2) is 0 Å². The second kappa shape index (κ2) is 7.79.